The number of hydrogen-bond acceptors (Lipinski definition) is 3. The lowest BCUT2D eigenvalue weighted by atomic mass is 9.96. The fourth-order valence-corrected chi connectivity index (χ4v) is 3.02. The highest BCUT2D eigenvalue weighted by molar-refractivity contribution is 5.70. The van der Waals surface area contributed by atoms with Crippen LogP contribution in [0.2, 0.25) is 0 Å². The summed E-state index contributed by atoms with van der Waals surface area (Å²) in [4.78, 5) is 10.6. The van der Waals surface area contributed by atoms with E-state index >= 15 is 0 Å². The first-order valence-corrected chi connectivity index (χ1v) is 9.01. The molecule has 27 heavy (non-hydrogen) atoms. The fourth-order valence-electron chi connectivity index (χ4n) is 3.02. The van der Waals surface area contributed by atoms with Crippen molar-refractivity contribution in [2.45, 2.75) is 26.2 Å². The summed E-state index contributed by atoms with van der Waals surface area (Å²) in [5.41, 5.74) is 4.51. The molecule has 0 radical (unpaired) electrons. The highest BCUT2D eigenvalue weighted by atomic mass is 19.1. The van der Waals surface area contributed by atoms with Gasteiger partial charge in [-0.1, -0.05) is 24.3 Å². The number of hydrogen-bond donors (Lipinski definition) is 1. The summed E-state index contributed by atoms with van der Waals surface area (Å²) in [7, 11) is 0. The maximum atomic E-state index is 13.9. The molecule has 0 saturated carbocycles. The third-order valence-electron chi connectivity index (χ3n) is 4.71. The molecule has 5 heteroatoms. The van der Waals surface area contributed by atoms with Gasteiger partial charge in [0, 0.05) is 6.42 Å². The summed E-state index contributed by atoms with van der Waals surface area (Å²) >= 11 is 0. The van der Waals surface area contributed by atoms with Crippen molar-refractivity contribution in [3.63, 3.8) is 0 Å². The number of aliphatic carboxylic acids is 1. The maximum Gasteiger partial charge on any atom is 0.303 e. The molecule has 0 aromatic heterocycles. The van der Waals surface area contributed by atoms with Gasteiger partial charge in [-0.05, 0) is 65.8 Å². The largest absolute Gasteiger partial charge is 0.489 e. The van der Waals surface area contributed by atoms with Crippen LogP contribution in [0.5, 0.6) is 5.75 Å². The number of aryl methyl sites for hydroxylation is 2. The van der Waals surface area contributed by atoms with E-state index < -0.39 is 5.97 Å². The zero-order chi connectivity index (χ0) is 19.2. The van der Waals surface area contributed by atoms with Crippen molar-refractivity contribution in [3.05, 3.63) is 70.5 Å². The topological polar surface area (TPSA) is 55.8 Å². The molecular formula is C22H23FO4. The van der Waals surface area contributed by atoms with Gasteiger partial charge >= 0.3 is 5.97 Å². The van der Waals surface area contributed by atoms with Crippen molar-refractivity contribution >= 4 is 11.5 Å². The van der Waals surface area contributed by atoms with Crippen LogP contribution in [0.15, 0.2) is 48.0 Å². The molecule has 1 aliphatic rings. The van der Waals surface area contributed by atoms with Gasteiger partial charge in [0.1, 0.15) is 18.2 Å². The molecule has 3 rings (SSSR count). The summed E-state index contributed by atoms with van der Waals surface area (Å²) in [6.07, 6.45) is 1.37. The molecule has 0 unspecified atom stereocenters. The summed E-state index contributed by atoms with van der Waals surface area (Å²) in [5, 5.41) is 8.75. The van der Waals surface area contributed by atoms with Crippen LogP contribution in [-0.4, -0.2) is 30.9 Å². The van der Waals surface area contributed by atoms with E-state index in [4.69, 9.17) is 14.6 Å². The van der Waals surface area contributed by atoms with Gasteiger partial charge in [0.05, 0.1) is 13.2 Å². The van der Waals surface area contributed by atoms with Gasteiger partial charge in [-0.3, -0.25) is 4.79 Å². The summed E-state index contributed by atoms with van der Waals surface area (Å²) < 4.78 is 25.4. The minimum atomic E-state index is -0.804. The van der Waals surface area contributed by atoms with Crippen molar-refractivity contribution in [3.8, 4) is 5.75 Å². The predicted molar refractivity (Wildman–Crippen MR) is 101 cm³/mol. The van der Waals surface area contributed by atoms with Crippen molar-refractivity contribution in [1.82, 2.24) is 0 Å². The molecule has 0 saturated heterocycles. The van der Waals surface area contributed by atoms with Crippen LogP contribution in [0.1, 0.15) is 29.5 Å². The zero-order valence-corrected chi connectivity index (χ0v) is 15.3. The van der Waals surface area contributed by atoms with Crippen molar-refractivity contribution < 1.29 is 23.8 Å². The monoisotopic (exact) mass is 370 g/mol. The first-order valence-electron chi connectivity index (χ1n) is 9.01. The lowest BCUT2D eigenvalue weighted by Gasteiger charge is -2.22. The number of carboxylic acid groups (broad SMARTS) is 1. The number of halogens is 1. The molecule has 1 N–H and O–H groups in total. The van der Waals surface area contributed by atoms with E-state index in [9.17, 15) is 9.18 Å². The summed E-state index contributed by atoms with van der Waals surface area (Å²) in [6, 6.07) is 12.7. The van der Waals surface area contributed by atoms with Crippen LogP contribution in [0.3, 0.4) is 0 Å². The van der Waals surface area contributed by atoms with Crippen LogP contribution in [0, 0.1) is 12.7 Å². The van der Waals surface area contributed by atoms with E-state index in [2.05, 4.69) is 0 Å². The highest BCUT2D eigenvalue weighted by Crippen LogP contribution is 2.27. The molecule has 4 nitrogen and oxygen atoms in total. The van der Waals surface area contributed by atoms with Crippen molar-refractivity contribution in [2.24, 2.45) is 0 Å². The minimum Gasteiger partial charge on any atom is -0.489 e. The molecule has 142 valence electrons. The molecular weight excluding hydrogens is 347 g/mol. The Morgan fingerprint density at radius 2 is 2.00 bits per heavy atom. The average molecular weight is 370 g/mol. The van der Waals surface area contributed by atoms with E-state index in [0.717, 1.165) is 34.4 Å². The lowest BCUT2D eigenvalue weighted by Crippen LogP contribution is -2.15. The second kappa shape index (κ2) is 8.82. The van der Waals surface area contributed by atoms with E-state index in [0.29, 0.717) is 31.8 Å². The van der Waals surface area contributed by atoms with E-state index in [-0.39, 0.29) is 12.2 Å². The number of ether oxygens (including phenoxy) is 2. The van der Waals surface area contributed by atoms with Crippen LogP contribution < -0.4 is 4.74 Å². The molecule has 0 bridgehead atoms. The Morgan fingerprint density at radius 1 is 1.22 bits per heavy atom. The number of carboxylic acids is 1. The molecule has 0 spiro atoms. The fraction of sp³-hybridized carbons (Fsp3) is 0.318. The van der Waals surface area contributed by atoms with Crippen molar-refractivity contribution in [2.75, 3.05) is 19.8 Å². The van der Waals surface area contributed by atoms with E-state index in [1.54, 1.807) is 19.1 Å². The summed E-state index contributed by atoms with van der Waals surface area (Å²) in [5.74, 6) is -0.299. The van der Waals surface area contributed by atoms with Crippen molar-refractivity contribution in [1.29, 1.82) is 0 Å². The van der Waals surface area contributed by atoms with Crippen LogP contribution in [0.4, 0.5) is 4.39 Å². The Hall–Kier alpha value is -2.66. The van der Waals surface area contributed by atoms with Gasteiger partial charge in [0.2, 0.25) is 0 Å². The third-order valence-corrected chi connectivity index (χ3v) is 4.71. The van der Waals surface area contributed by atoms with Crippen LogP contribution in [0.25, 0.3) is 5.57 Å². The van der Waals surface area contributed by atoms with Gasteiger partial charge in [-0.2, -0.15) is 0 Å². The van der Waals surface area contributed by atoms with Gasteiger partial charge in [0.15, 0.2) is 0 Å². The number of carbonyl (C=O) groups is 1. The van der Waals surface area contributed by atoms with Crippen LogP contribution in [-0.2, 0) is 16.0 Å². The minimum absolute atomic E-state index is 0.115. The Labute approximate surface area is 158 Å². The normalized spacial score (nSPS) is 14.3. The van der Waals surface area contributed by atoms with Gasteiger partial charge in [0.25, 0.3) is 0 Å². The molecule has 0 fully saturated rings. The van der Waals surface area contributed by atoms with E-state index in [1.165, 1.54) is 0 Å². The second-order valence-electron chi connectivity index (χ2n) is 6.68. The molecule has 2 aromatic carbocycles. The first kappa shape index (κ1) is 19.1. The second-order valence-corrected chi connectivity index (χ2v) is 6.68. The quantitative estimate of drug-likeness (QED) is 0.785. The van der Waals surface area contributed by atoms with E-state index in [1.807, 2.05) is 30.3 Å². The molecule has 0 aliphatic carbocycles. The maximum absolute atomic E-state index is 13.9. The molecule has 1 aliphatic heterocycles. The van der Waals surface area contributed by atoms with Crippen LogP contribution >= 0.6 is 0 Å². The Morgan fingerprint density at radius 3 is 2.70 bits per heavy atom. The highest BCUT2D eigenvalue weighted by Gasteiger charge is 2.16. The zero-order valence-electron chi connectivity index (χ0n) is 15.3. The standard InChI is InChI=1S/C22H23FO4/c1-15-2-6-17(12-21(15)23)20-14-26-11-10-18(20)13-27-19-7-3-16(4-8-19)5-9-22(24)25/h2-4,6-8,12H,5,9-11,13-14H2,1H3,(H,24,25). The Kier molecular flexibility index (Phi) is 6.24. The predicted octanol–water partition coefficient (Wildman–Crippen LogP) is 4.40. The first-order chi connectivity index (χ1) is 13.0. The number of benzene rings is 2. The smallest absolute Gasteiger partial charge is 0.303 e. The molecule has 1 heterocycles. The average Bonchev–Trinajstić information content (AvgIpc) is 2.68. The number of rotatable bonds is 7. The molecule has 0 amide bonds. The molecule has 2 aromatic rings. The van der Waals surface area contributed by atoms with Gasteiger partial charge in [-0.25, -0.2) is 4.39 Å². The molecule has 0 atom stereocenters. The SMILES string of the molecule is Cc1ccc(C2=C(COc3ccc(CCC(=O)O)cc3)CCOC2)cc1F. The third kappa shape index (κ3) is 5.17. The van der Waals surface area contributed by atoms with Gasteiger partial charge in [-0.15, -0.1) is 0 Å². The Bertz CT molecular complexity index is 840. The Balaban J connectivity index is 1.69. The lowest BCUT2D eigenvalue weighted by molar-refractivity contribution is -0.136. The van der Waals surface area contributed by atoms with Gasteiger partial charge < -0.3 is 14.6 Å². The summed E-state index contributed by atoms with van der Waals surface area (Å²) in [6.45, 7) is 3.25.